The summed E-state index contributed by atoms with van der Waals surface area (Å²) < 4.78 is 18.1. The number of nitrogens with zero attached hydrogens (tertiary/aromatic N) is 2. The van der Waals surface area contributed by atoms with Crippen molar-refractivity contribution < 1.29 is 18.4 Å². The number of carbonyl (C=O) groups is 1. The molecule has 34 heavy (non-hydrogen) atoms. The molecule has 0 fully saturated rings. The number of rotatable bonds is 7. The Hall–Kier alpha value is -2.97. The Morgan fingerprint density at radius 2 is 1.47 bits per heavy atom. The summed E-state index contributed by atoms with van der Waals surface area (Å²) in [6, 6.07) is 20.0. The Labute approximate surface area is 203 Å². The van der Waals surface area contributed by atoms with Crippen LogP contribution in [-0.4, -0.2) is 36.8 Å². The molecule has 0 saturated heterocycles. The number of nitrogens with one attached hydrogen (secondary N) is 1. The van der Waals surface area contributed by atoms with Crippen LogP contribution in [0.4, 0.5) is 4.79 Å². The zero-order valence-corrected chi connectivity index (χ0v) is 22.1. The molecule has 0 spiro atoms. The van der Waals surface area contributed by atoms with Crippen LogP contribution in [0.2, 0.25) is 5.04 Å². The van der Waals surface area contributed by atoms with Gasteiger partial charge in [-0.2, -0.15) is 0 Å². The maximum absolute atomic E-state index is 12.6. The minimum Gasteiger partial charge on any atom is -0.444 e. The fraction of sp³-hybridized carbons (Fsp3) is 0.423. The number of carbonyl (C=O) groups excluding carboxylic acids is 1. The third kappa shape index (κ3) is 5.93. The Morgan fingerprint density at radius 1 is 0.941 bits per heavy atom. The number of alkyl carbamates (subject to hydrolysis) is 1. The molecule has 7 nitrogen and oxygen atoms in total. The maximum atomic E-state index is 12.6. The third-order valence-corrected chi connectivity index (χ3v) is 10.4. The van der Waals surface area contributed by atoms with Crippen LogP contribution in [0.25, 0.3) is 0 Å². The molecule has 0 bridgehead atoms. The van der Waals surface area contributed by atoms with Crippen molar-refractivity contribution in [1.82, 2.24) is 15.5 Å². The van der Waals surface area contributed by atoms with Crippen molar-refractivity contribution in [3.8, 4) is 0 Å². The van der Waals surface area contributed by atoms with Crippen molar-refractivity contribution in [2.24, 2.45) is 0 Å². The van der Waals surface area contributed by atoms with Gasteiger partial charge in [0.2, 0.25) is 11.8 Å². The maximum Gasteiger partial charge on any atom is 0.408 e. The molecule has 1 aromatic heterocycles. The van der Waals surface area contributed by atoms with E-state index in [4.69, 9.17) is 13.6 Å². The second-order valence-corrected chi connectivity index (χ2v) is 14.6. The number of aromatic nitrogens is 2. The lowest BCUT2D eigenvalue weighted by Gasteiger charge is -2.43. The van der Waals surface area contributed by atoms with E-state index in [0.29, 0.717) is 5.89 Å². The molecule has 1 heterocycles. The van der Waals surface area contributed by atoms with Crippen molar-refractivity contribution in [3.05, 3.63) is 72.4 Å². The van der Waals surface area contributed by atoms with E-state index in [0.717, 1.165) is 10.4 Å². The van der Waals surface area contributed by atoms with E-state index in [1.165, 1.54) is 0 Å². The summed E-state index contributed by atoms with van der Waals surface area (Å²) in [6.45, 7) is 13.9. The van der Waals surface area contributed by atoms with Gasteiger partial charge in [0, 0.05) is 6.92 Å². The van der Waals surface area contributed by atoms with E-state index in [9.17, 15) is 4.79 Å². The first kappa shape index (κ1) is 25.6. The molecule has 1 amide bonds. The van der Waals surface area contributed by atoms with Gasteiger partial charge in [0.25, 0.3) is 8.32 Å². The molecule has 3 aromatic rings. The van der Waals surface area contributed by atoms with Crippen molar-refractivity contribution in [2.45, 2.75) is 65.1 Å². The van der Waals surface area contributed by atoms with Crippen LogP contribution in [0.3, 0.4) is 0 Å². The highest BCUT2D eigenvalue weighted by Gasteiger charge is 2.50. The van der Waals surface area contributed by atoms with Gasteiger partial charge in [-0.05, 0) is 36.2 Å². The number of ether oxygens (including phenoxy) is 1. The average molecular weight is 482 g/mol. The van der Waals surface area contributed by atoms with Crippen LogP contribution in [0.15, 0.2) is 65.1 Å². The first-order valence-electron chi connectivity index (χ1n) is 11.5. The molecule has 0 aliphatic rings. The summed E-state index contributed by atoms with van der Waals surface area (Å²) in [5.74, 6) is 0.692. The smallest absolute Gasteiger partial charge is 0.408 e. The fourth-order valence-electron chi connectivity index (χ4n) is 4.05. The number of hydrogen-bond acceptors (Lipinski definition) is 6. The van der Waals surface area contributed by atoms with Gasteiger partial charge in [0.05, 0.1) is 6.61 Å². The zero-order chi connectivity index (χ0) is 25.0. The molecule has 2 aromatic carbocycles. The van der Waals surface area contributed by atoms with E-state index >= 15 is 0 Å². The highest BCUT2D eigenvalue weighted by molar-refractivity contribution is 6.99. The molecule has 3 rings (SSSR count). The van der Waals surface area contributed by atoms with Gasteiger partial charge in [0.1, 0.15) is 11.6 Å². The van der Waals surface area contributed by atoms with Crippen LogP contribution in [0, 0.1) is 6.92 Å². The predicted octanol–water partition coefficient (Wildman–Crippen LogP) is 4.52. The SMILES string of the molecule is Cc1nnc(C(CO[Si](c2ccccc2)(c2ccccc2)C(C)(C)C)NC(=O)OC(C)(C)C)o1. The van der Waals surface area contributed by atoms with Crippen LogP contribution in [0.1, 0.15) is 59.4 Å². The highest BCUT2D eigenvalue weighted by Crippen LogP contribution is 2.37. The van der Waals surface area contributed by atoms with Crippen molar-refractivity contribution in [2.75, 3.05) is 6.61 Å². The Balaban J connectivity index is 2.02. The molecular formula is C26H35N3O4Si. The minimum atomic E-state index is -2.82. The van der Waals surface area contributed by atoms with E-state index in [-0.39, 0.29) is 17.5 Å². The summed E-state index contributed by atoms with van der Waals surface area (Å²) in [7, 11) is -2.82. The second kappa shape index (κ2) is 10.1. The summed E-state index contributed by atoms with van der Waals surface area (Å²) in [6.07, 6.45) is -0.570. The van der Waals surface area contributed by atoms with Gasteiger partial charge in [0.15, 0.2) is 0 Å². The molecule has 182 valence electrons. The lowest BCUT2D eigenvalue weighted by molar-refractivity contribution is 0.0473. The molecule has 1 N–H and O–H groups in total. The number of hydrogen-bond donors (Lipinski definition) is 1. The molecule has 0 aliphatic carbocycles. The van der Waals surface area contributed by atoms with E-state index in [2.05, 4.69) is 60.6 Å². The molecule has 0 aliphatic heterocycles. The lowest BCUT2D eigenvalue weighted by Crippen LogP contribution is -2.67. The van der Waals surface area contributed by atoms with E-state index < -0.39 is 26.1 Å². The van der Waals surface area contributed by atoms with Gasteiger partial charge in [-0.25, -0.2) is 4.79 Å². The van der Waals surface area contributed by atoms with Crippen molar-refractivity contribution in [3.63, 3.8) is 0 Å². The van der Waals surface area contributed by atoms with E-state index in [1.807, 2.05) is 57.2 Å². The summed E-state index contributed by atoms with van der Waals surface area (Å²) in [5, 5.41) is 13.0. The van der Waals surface area contributed by atoms with E-state index in [1.54, 1.807) is 6.92 Å². The van der Waals surface area contributed by atoms with Gasteiger partial charge in [-0.1, -0.05) is 81.4 Å². The van der Waals surface area contributed by atoms with Gasteiger partial charge < -0.3 is 18.9 Å². The normalized spacial score (nSPS) is 13.4. The number of aryl methyl sites for hydroxylation is 1. The molecule has 0 saturated carbocycles. The Kier molecular flexibility index (Phi) is 7.63. The fourth-order valence-corrected chi connectivity index (χ4v) is 8.62. The van der Waals surface area contributed by atoms with Gasteiger partial charge in [-0.15, -0.1) is 10.2 Å². The molecule has 0 radical (unpaired) electrons. The van der Waals surface area contributed by atoms with Gasteiger partial charge in [-0.3, -0.25) is 0 Å². The first-order valence-corrected chi connectivity index (χ1v) is 13.4. The Morgan fingerprint density at radius 3 is 1.88 bits per heavy atom. The summed E-state index contributed by atoms with van der Waals surface area (Å²) in [4.78, 5) is 12.6. The summed E-state index contributed by atoms with van der Waals surface area (Å²) in [5.41, 5.74) is -0.641. The highest BCUT2D eigenvalue weighted by atomic mass is 28.4. The van der Waals surface area contributed by atoms with Crippen LogP contribution in [-0.2, 0) is 9.16 Å². The third-order valence-electron chi connectivity index (χ3n) is 5.41. The van der Waals surface area contributed by atoms with Crippen LogP contribution >= 0.6 is 0 Å². The second-order valence-electron chi connectivity index (χ2n) is 10.3. The van der Waals surface area contributed by atoms with Crippen LogP contribution < -0.4 is 15.7 Å². The minimum absolute atomic E-state index is 0.147. The van der Waals surface area contributed by atoms with Crippen molar-refractivity contribution >= 4 is 24.8 Å². The molecule has 1 atom stereocenters. The average Bonchev–Trinajstić information content (AvgIpc) is 3.19. The number of amides is 1. The Bertz CT molecular complexity index is 1030. The molecule has 1 unspecified atom stereocenters. The van der Waals surface area contributed by atoms with Crippen LogP contribution in [0.5, 0.6) is 0 Å². The zero-order valence-electron chi connectivity index (χ0n) is 21.1. The molecular weight excluding hydrogens is 446 g/mol. The first-order chi connectivity index (χ1) is 15.9. The molecule has 8 heteroatoms. The van der Waals surface area contributed by atoms with Crippen molar-refractivity contribution in [1.29, 1.82) is 0 Å². The van der Waals surface area contributed by atoms with Gasteiger partial charge >= 0.3 is 6.09 Å². The summed E-state index contributed by atoms with van der Waals surface area (Å²) >= 11 is 0. The quantitative estimate of drug-likeness (QED) is 0.499. The largest absolute Gasteiger partial charge is 0.444 e. The monoisotopic (exact) mass is 481 g/mol. The number of benzene rings is 2. The predicted molar refractivity (Wildman–Crippen MR) is 135 cm³/mol. The lowest BCUT2D eigenvalue weighted by atomic mass is 10.2. The topological polar surface area (TPSA) is 86.5 Å². The standard InChI is InChI=1S/C26H35N3O4Si/c1-19-28-29-23(32-19)22(27-24(30)33-25(2,3)4)18-31-34(26(5,6)7,20-14-10-8-11-15-20)21-16-12-9-13-17-21/h8-17,22H,18H2,1-7H3,(H,27,30).